The second kappa shape index (κ2) is 26.5. The SMILES string of the molecule is CCOC(=O)CCSC1=C(CSCSC2=C(SCCC(=O)OCC)S/C(=C/C=C3SC(CS)=C(CS)S3)S2)SC(=CC=C2SC(SC)=C(SC)S2)S1. The second-order valence-electron chi connectivity index (χ2n) is 9.61. The van der Waals surface area contributed by atoms with E-state index in [9.17, 15) is 9.59 Å². The molecule has 0 radical (unpaired) electrons. The molecule has 0 aliphatic carbocycles. The molecule has 20 heteroatoms. The number of carbonyl (C=O) groups excluding carboxylic acids is 2. The summed E-state index contributed by atoms with van der Waals surface area (Å²) >= 11 is 34.5. The molecule has 4 heterocycles. The molecule has 0 aromatic rings. The van der Waals surface area contributed by atoms with Gasteiger partial charge in [0.05, 0.1) is 60.0 Å². The zero-order chi connectivity index (χ0) is 37.3. The van der Waals surface area contributed by atoms with E-state index in [-0.39, 0.29) is 11.9 Å². The summed E-state index contributed by atoms with van der Waals surface area (Å²) in [5.41, 5.74) is 0. The van der Waals surface area contributed by atoms with E-state index >= 15 is 0 Å². The summed E-state index contributed by atoms with van der Waals surface area (Å²) in [7, 11) is 0. The first-order valence-electron chi connectivity index (χ1n) is 15.6. The summed E-state index contributed by atoms with van der Waals surface area (Å²) in [4.78, 5) is 28.0. The molecule has 4 rings (SSSR count). The van der Waals surface area contributed by atoms with Crippen LogP contribution in [-0.4, -0.2) is 71.5 Å². The van der Waals surface area contributed by atoms with Gasteiger partial charge in [-0.15, -0.1) is 70.6 Å². The predicted molar refractivity (Wildman–Crippen MR) is 268 cm³/mol. The Kier molecular flexibility index (Phi) is 24.1. The monoisotopic (exact) mass is 998 g/mol. The molecular formula is C32H38O4S16. The number of allylic oxidation sites excluding steroid dienone is 4. The Balaban J connectivity index is 1.38. The lowest BCUT2D eigenvalue weighted by Gasteiger charge is -2.07. The summed E-state index contributed by atoms with van der Waals surface area (Å²) in [5, 5.41) is 0.915. The maximum Gasteiger partial charge on any atom is 0.306 e. The van der Waals surface area contributed by atoms with Gasteiger partial charge >= 0.3 is 11.9 Å². The highest BCUT2D eigenvalue weighted by Crippen LogP contribution is 2.60. The Morgan fingerprint density at radius 2 is 0.981 bits per heavy atom. The summed E-state index contributed by atoms with van der Waals surface area (Å²) < 4.78 is 22.0. The summed E-state index contributed by atoms with van der Waals surface area (Å²) in [6, 6.07) is 0. The number of carbonyl (C=O) groups is 2. The molecule has 0 spiro atoms. The van der Waals surface area contributed by atoms with Crippen molar-refractivity contribution in [3.05, 3.63) is 77.2 Å². The fourth-order valence-corrected chi connectivity index (χ4v) is 23.2. The Labute approximate surface area is 379 Å². The van der Waals surface area contributed by atoms with Crippen molar-refractivity contribution in [2.45, 2.75) is 26.7 Å². The maximum absolute atomic E-state index is 12.0. The second-order valence-corrected chi connectivity index (χ2v) is 27.4. The van der Waals surface area contributed by atoms with E-state index in [1.54, 1.807) is 58.8 Å². The topological polar surface area (TPSA) is 52.6 Å². The molecule has 4 aliphatic heterocycles. The van der Waals surface area contributed by atoms with Crippen LogP contribution in [0.15, 0.2) is 77.2 Å². The van der Waals surface area contributed by atoms with Gasteiger partial charge in [0, 0.05) is 52.8 Å². The van der Waals surface area contributed by atoms with E-state index in [1.807, 2.05) is 120 Å². The molecule has 0 atom stereocenters. The third-order valence-corrected chi connectivity index (χ3v) is 25.6. The van der Waals surface area contributed by atoms with Gasteiger partial charge in [-0.1, -0.05) is 94.1 Å². The number of rotatable bonds is 21. The minimum atomic E-state index is -0.146. The molecule has 0 aromatic heterocycles. The molecule has 0 saturated heterocycles. The first-order valence-corrected chi connectivity index (χ1v) is 29.9. The summed E-state index contributed by atoms with van der Waals surface area (Å²) in [5.74, 6) is 3.50. The van der Waals surface area contributed by atoms with Gasteiger partial charge in [-0.2, -0.15) is 25.3 Å². The molecule has 286 valence electrons. The smallest absolute Gasteiger partial charge is 0.306 e. The average Bonchev–Trinajstić information content (AvgIpc) is 3.93. The number of hydrogen-bond donors (Lipinski definition) is 2. The Bertz CT molecular complexity index is 1410. The van der Waals surface area contributed by atoms with Gasteiger partial charge in [-0.3, -0.25) is 9.59 Å². The van der Waals surface area contributed by atoms with E-state index in [0.717, 1.165) is 22.3 Å². The van der Waals surface area contributed by atoms with Gasteiger partial charge in [0.25, 0.3) is 0 Å². The van der Waals surface area contributed by atoms with Crippen molar-refractivity contribution < 1.29 is 19.1 Å². The zero-order valence-corrected chi connectivity index (χ0v) is 41.8. The summed E-state index contributed by atoms with van der Waals surface area (Å²) in [6.07, 6.45) is 14.0. The van der Waals surface area contributed by atoms with Crippen molar-refractivity contribution in [3.8, 4) is 0 Å². The number of hydrogen-bond acceptors (Lipinski definition) is 20. The molecule has 0 aromatic carbocycles. The van der Waals surface area contributed by atoms with Crippen molar-refractivity contribution >= 4 is 202 Å². The molecule has 52 heavy (non-hydrogen) atoms. The molecule has 0 saturated carbocycles. The van der Waals surface area contributed by atoms with Crippen LogP contribution in [0.5, 0.6) is 0 Å². The van der Waals surface area contributed by atoms with Crippen molar-refractivity contribution in [2.24, 2.45) is 0 Å². The maximum atomic E-state index is 12.0. The van der Waals surface area contributed by atoms with Gasteiger partial charge in [-0.05, 0) is 50.7 Å². The number of esters is 2. The standard InChI is InChI=1S/C32H38O4S16/c1-5-35-22(33)11-13-42-28-21(47-25(48-28)8-10-26-49-29(39-3)30(40-4)50-26)17-41-18-44-32-31(43-14-12-23(34)36-6-2)51-27(52-32)9-7-24-45-19(15-37)20(16-38)46-24/h7-10,37-38H,5-6,11-18H2,1-4H3/b25-8?,27-9-. The number of thiol groups is 2. The average molecular weight is 1000 g/mol. The van der Waals surface area contributed by atoms with E-state index in [2.05, 4.69) is 62.1 Å². The minimum absolute atomic E-state index is 0.140. The fraction of sp³-hybridized carbons (Fsp3) is 0.438. The van der Waals surface area contributed by atoms with Gasteiger partial charge < -0.3 is 9.47 Å². The largest absolute Gasteiger partial charge is 0.466 e. The fourth-order valence-electron chi connectivity index (χ4n) is 3.84. The molecular weight excluding hydrogens is 961 g/mol. The van der Waals surface area contributed by atoms with Crippen LogP contribution >= 0.6 is 190 Å². The molecule has 0 bridgehead atoms. The first kappa shape index (κ1) is 47.1. The van der Waals surface area contributed by atoms with Crippen molar-refractivity contribution in [3.63, 3.8) is 0 Å². The van der Waals surface area contributed by atoms with Crippen LogP contribution in [-0.2, 0) is 19.1 Å². The van der Waals surface area contributed by atoms with E-state index < -0.39 is 0 Å². The van der Waals surface area contributed by atoms with Crippen molar-refractivity contribution in [1.29, 1.82) is 0 Å². The lowest BCUT2D eigenvalue weighted by Crippen LogP contribution is -2.04. The lowest BCUT2D eigenvalue weighted by molar-refractivity contribution is -0.143. The van der Waals surface area contributed by atoms with Crippen LogP contribution in [0.4, 0.5) is 0 Å². The van der Waals surface area contributed by atoms with Crippen LogP contribution < -0.4 is 0 Å². The Hall–Kier alpha value is 2.46. The molecule has 0 N–H and O–H groups in total. The Morgan fingerprint density at radius 3 is 1.46 bits per heavy atom. The molecule has 0 unspecified atom stereocenters. The van der Waals surface area contributed by atoms with Crippen LogP contribution in [0.2, 0.25) is 0 Å². The van der Waals surface area contributed by atoms with Gasteiger partial charge in [0.1, 0.15) is 0 Å². The predicted octanol–water partition coefficient (Wildman–Crippen LogP) is 14.3. The van der Waals surface area contributed by atoms with Crippen molar-refractivity contribution in [1.82, 2.24) is 0 Å². The first-order chi connectivity index (χ1) is 25.3. The lowest BCUT2D eigenvalue weighted by atomic mass is 10.5. The molecule has 4 nitrogen and oxygen atoms in total. The van der Waals surface area contributed by atoms with Crippen LogP contribution in [0.25, 0.3) is 0 Å². The van der Waals surface area contributed by atoms with Crippen molar-refractivity contribution in [2.75, 3.05) is 59.6 Å². The highest BCUT2D eigenvalue weighted by Gasteiger charge is 2.26. The molecule has 0 fully saturated rings. The Morgan fingerprint density at radius 1 is 0.577 bits per heavy atom. The van der Waals surface area contributed by atoms with Gasteiger partial charge in [0.2, 0.25) is 0 Å². The van der Waals surface area contributed by atoms with E-state index in [0.29, 0.717) is 37.6 Å². The van der Waals surface area contributed by atoms with Crippen LogP contribution in [0, 0.1) is 0 Å². The van der Waals surface area contributed by atoms with E-state index in [4.69, 9.17) is 9.47 Å². The summed E-state index contributed by atoms with van der Waals surface area (Å²) in [6.45, 7) is 4.52. The van der Waals surface area contributed by atoms with Crippen LogP contribution in [0.3, 0.4) is 0 Å². The third-order valence-electron chi connectivity index (χ3n) is 6.07. The highest BCUT2D eigenvalue weighted by molar-refractivity contribution is 8.42. The quantitative estimate of drug-likeness (QED) is 0.0496. The van der Waals surface area contributed by atoms with E-state index in [1.165, 1.54) is 52.8 Å². The number of ether oxygens (including phenoxy) is 2. The highest BCUT2D eigenvalue weighted by atomic mass is 32.3. The molecule has 0 amide bonds. The van der Waals surface area contributed by atoms with Crippen LogP contribution in [0.1, 0.15) is 26.7 Å². The van der Waals surface area contributed by atoms with Gasteiger partial charge in [0.15, 0.2) is 0 Å². The third kappa shape index (κ3) is 15.9. The normalized spacial score (nSPS) is 19.4. The molecule has 4 aliphatic rings. The number of thioether (sulfide) groups is 14. The zero-order valence-electron chi connectivity index (χ0n) is 28.6. The van der Waals surface area contributed by atoms with Gasteiger partial charge in [-0.25, -0.2) is 0 Å². The minimum Gasteiger partial charge on any atom is -0.466 e.